The third-order valence-corrected chi connectivity index (χ3v) is 4.74. The standard InChI is InChI=1S/C16H17NO4S2/c1-3-6-11(15(19)20)17-14(18)13(23-16(17)22)9-10-7-4-5-8-12(10)21-2/h4-5,7-9,11H,3,6H2,1-2H3,(H,19,20)/b13-9-. The third kappa shape index (κ3) is 3.73. The Morgan fingerprint density at radius 1 is 1.48 bits per heavy atom. The molecule has 1 unspecified atom stereocenters. The van der Waals surface area contributed by atoms with Crippen molar-refractivity contribution < 1.29 is 19.4 Å². The summed E-state index contributed by atoms with van der Waals surface area (Å²) in [6.45, 7) is 1.87. The summed E-state index contributed by atoms with van der Waals surface area (Å²) in [5, 5.41) is 9.36. The Morgan fingerprint density at radius 3 is 2.78 bits per heavy atom. The van der Waals surface area contributed by atoms with Gasteiger partial charge in [-0.2, -0.15) is 0 Å². The zero-order valence-electron chi connectivity index (χ0n) is 12.8. The molecule has 1 N–H and O–H groups in total. The number of hydrogen-bond acceptors (Lipinski definition) is 5. The Hall–Kier alpha value is -1.86. The number of para-hydroxylation sites is 1. The van der Waals surface area contributed by atoms with Gasteiger partial charge >= 0.3 is 5.97 Å². The molecule has 1 saturated heterocycles. The van der Waals surface area contributed by atoms with Crippen molar-refractivity contribution in [1.82, 2.24) is 4.90 Å². The monoisotopic (exact) mass is 351 g/mol. The molecule has 0 saturated carbocycles. The van der Waals surface area contributed by atoms with Crippen LogP contribution >= 0.6 is 24.0 Å². The van der Waals surface area contributed by atoms with E-state index in [1.807, 2.05) is 25.1 Å². The number of thioether (sulfide) groups is 1. The maximum absolute atomic E-state index is 12.6. The highest BCUT2D eigenvalue weighted by Crippen LogP contribution is 2.36. The van der Waals surface area contributed by atoms with Crippen molar-refractivity contribution in [3.8, 4) is 5.75 Å². The average molecular weight is 351 g/mol. The topological polar surface area (TPSA) is 66.8 Å². The minimum atomic E-state index is -1.04. The number of aliphatic carboxylic acids is 1. The molecule has 1 atom stereocenters. The Kier molecular flexibility index (Phi) is 5.79. The molecular formula is C16H17NO4S2. The molecule has 1 aliphatic heterocycles. The number of rotatable bonds is 6. The van der Waals surface area contributed by atoms with E-state index in [-0.39, 0.29) is 10.2 Å². The van der Waals surface area contributed by atoms with E-state index in [2.05, 4.69) is 0 Å². The predicted octanol–water partition coefficient (Wildman–Crippen LogP) is 3.15. The molecule has 1 aromatic carbocycles. The number of hydrogen-bond donors (Lipinski definition) is 1. The number of ether oxygens (including phenoxy) is 1. The van der Waals surface area contributed by atoms with E-state index < -0.39 is 12.0 Å². The van der Waals surface area contributed by atoms with E-state index in [0.717, 1.165) is 17.3 Å². The molecule has 1 amide bonds. The minimum Gasteiger partial charge on any atom is -0.496 e. The highest BCUT2D eigenvalue weighted by atomic mass is 32.2. The highest BCUT2D eigenvalue weighted by Gasteiger charge is 2.40. The molecule has 2 rings (SSSR count). The summed E-state index contributed by atoms with van der Waals surface area (Å²) < 4.78 is 5.54. The predicted molar refractivity (Wildman–Crippen MR) is 94.3 cm³/mol. The first-order chi connectivity index (χ1) is 11.0. The van der Waals surface area contributed by atoms with Crippen LogP contribution in [0.3, 0.4) is 0 Å². The summed E-state index contributed by atoms with van der Waals surface area (Å²) in [7, 11) is 1.56. The molecule has 1 aliphatic rings. The molecule has 5 nitrogen and oxygen atoms in total. The molecule has 0 bridgehead atoms. The van der Waals surface area contributed by atoms with Crippen LogP contribution in [0.2, 0.25) is 0 Å². The molecule has 0 aliphatic carbocycles. The number of amides is 1. The lowest BCUT2D eigenvalue weighted by molar-refractivity contribution is -0.145. The quantitative estimate of drug-likeness (QED) is 0.627. The van der Waals surface area contributed by atoms with Crippen LogP contribution < -0.4 is 4.74 Å². The first kappa shape index (κ1) is 17.5. The minimum absolute atomic E-state index is 0.275. The van der Waals surface area contributed by atoms with Gasteiger partial charge in [-0.3, -0.25) is 9.69 Å². The Morgan fingerprint density at radius 2 is 2.17 bits per heavy atom. The molecular weight excluding hydrogens is 334 g/mol. The number of thiocarbonyl (C=S) groups is 1. The van der Waals surface area contributed by atoms with Gasteiger partial charge in [0, 0.05) is 5.56 Å². The smallest absolute Gasteiger partial charge is 0.326 e. The van der Waals surface area contributed by atoms with Gasteiger partial charge < -0.3 is 9.84 Å². The van der Waals surface area contributed by atoms with Gasteiger partial charge in [0.05, 0.1) is 12.0 Å². The average Bonchev–Trinajstić information content (AvgIpc) is 2.79. The maximum Gasteiger partial charge on any atom is 0.326 e. The highest BCUT2D eigenvalue weighted by molar-refractivity contribution is 8.26. The summed E-state index contributed by atoms with van der Waals surface area (Å²) >= 11 is 6.33. The van der Waals surface area contributed by atoms with Gasteiger partial charge in [-0.05, 0) is 18.6 Å². The van der Waals surface area contributed by atoms with Gasteiger partial charge in [0.1, 0.15) is 16.1 Å². The van der Waals surface area contributed by atoms with E-state index in [0.29, 0.717) is 23.5 Å². The van der Waals surface area contributed by atoms with Crippen LogP contribution in [0.5, 0.6) is 5.75 Å². The third-order valence-electron chi connectivity index (χ3n) is 3.41. The van der Waals surface area contributed by atoms with Crippen LogP contribution in [-0.4, -0.2) is 39.4 Å². The fraction of sp³-hybridized carbons (Fsp3) is 0.312. The van der Waals surface area contributed by atoms with E-state index in [9.17, 15) is 14.7 Å². The number of carboxylic acid groups (broad SMARTS) is 1. The second-order valence-electron chi connectivity index (χ2n) is 4.94. The molecule has 122 valence electrons. The van der Waals surface area contributed by atoms with Crippen molar-refractivity contribution in [2.24, 2.45) is 0 Å². The zero-order chi connectivity index (χ0) is 17.0. The van der Waals surface area contributed by atoms with Crippen molar-refractivity contribution in [2.75, 3.05) is 7.11 Å². The number of nitrogens with zero attached hydrogens (tertiary/aromatic N) is 1. The summed E-state index contributed by atoms with van der Waals surface area (Å²) in [5.41, 5.74) is 0.748. The molecule has 1 heterocycles. The number of carbonyl (C=O) groups excluding carboxylic acids is 1. The Labute approximate surface area is 144 Å². The van der Waals surface area contributed by atoms with E-state index in [1.165, 1.54) is 4.90 Å². The lowest BCUT2D eigenvalue weighted by Gasteiger charge is -2.22. The number of benzene rings is 1. The van der Waals surface area contributed by atoms with Gasteiger partial charge in [0.2, 0.25) is 0 Å². The number of methoxy groups -OCH3 is 1. The van der Waals surface area contributed by atoms with Gasteiger partial charge in [-0.25, -0.2) is 4.79 Å². The van der Waals surface area contributed by atoms with Crippen molar-refractivity contribution in [2.45, 2.75) is 25.8 Å². The molecule has 0 radical (unpaired) electrons. The largest absolute Gasteiger partial charge is 0.496 e. The van der Waals surface area contributed by atoms with E-state index in [4.69, 9.17) is 17.0 Å². The van der Waals surface area contributed by atoms with Crippen LogP contribution in [0.15, 0.2) is 29.2 Å². The fourth-order valence-corrected chi connectivity index (χ4v) is 3.66. The normalized spacial score (nSPS) is 17.7. The van der Waals surface area contributed by atoms with Crippen LogP contribution in [0.4, 0.5) is 0 Å². The lowest BCUT2D eigenvalue weighted by atomic mass is 10.1. The zero-order valence-corrected chi connectivity index (χ0v) is 14.4. The molecule has 0 spiro atoms. The summed E-state index contributed by atoms with van der Waals surface area (Å²) in [6.07, 6.45) is 2.70. The molecule has 1 fully saturated rings. The van der Waals surface area contributed by atoms with Gasteiger partial charge in [-0.1, -0.05) is 55.5 Å². The molecule has 1 aromatic rings. The van der Waals surface area contributed by atoms with Crippen LogP contribution in [0.1, 0.15) is 25.3 Å². The van der Waals surface area contributed by atoms with Gasteiger partial charge in [0.15, 0.2) is 0 Å². The van der Waals surface area contributed by atoms with Crippen LogP contribution in [0, 0.1) is 0 Å². The Bertz CT molecular complexity index is 672. The first-order valence-electron chi connectivity index (χ1n) is 7.12. The van der Waals surface area contributed by atoms with Crippen molar-refractivity contribution in [1.29, 1.82) is 0 Å². The van der Waals surface area contributed by atoms with E-state index in [1.54, 1.807) is 19.3 Å². The lowest BCUT2D eigenvalue weighted by Crippen LogP contribution is -2.43. The van der Waals surface area contributed by atoms with Crippen LogP contribution in [0.25, 0.3) is 6.08 Å². The second-order valence-corrected chi connectivity index (χ2v) is 6.61. The first-order valence-corrected chi connectivity index (χ1v) is 8.35. The summed E-state index contributed by atoms with van der Waals surface area (Å²) in [4.78, 5) is 25.6. The molecule has 7 heteroatoms. The Balaban J connectivity index is 2.34. The number of carbonyl (C=O) groups is 2. The second kappa shape index (κ2) is 7.61. The summed E-state index contributed by atoms with van der Waals surface area (Å²) in [6, 6.07) is 6.38. The van der Waals surface area contributed by atoms with Crippen molar-refractivity contribution in [3.05, 3.63) is 34.7 Å². The van der Waals surface area contributed by atoms with Gasteiger partial charge in [-0.15, -0.1) is 0 Å². The van der Waals surface area contributed by atoms with Crippen LogP contribution in [-0.2, 0) is 9.59 Å². The molecule has 23 heavy (non-hydrogen) atoms. The van der Waals surface area contributed by atoms with Crippen molar-refractivity contribution in [3.63, 3.8) is 0 Å². The van der Waals surface area contributed by atoms with Crippen molar-refractivity contribution >= 4 is 46.3 Å². The number of carboxylic acids is 1. The maximum atomic E-state index is 12.6. The fourth-order valence-electron chi connectivity index (χ4n) is 2.31. The SMILES string of the molecule is CCCC(C(=O)O)N1C(=O)/C(=C/c2ccccc2OC)SC1=S. The van der Waals surface area contributed by atoms with E-state index >= 15 is 0 Å². The van der Waals surface area contributed by atoms with Gasteiger partial charge in [0.25, 0.3) is 5.91 Å². The molecule has 0 aromatic heterocycles. The summed E-state index contributed by atoms with van der Waals surface area (Å²) in [5.74, 6) is -0.769.